The summed E-state index contributed by atoms with van der Waals surface area (Å²) in [4.78, 5) is 49.5. The van der Waals surface area contributed by atoms with E-state index in [1.54, 1.807) is 0 Å². The highest BCUT2D eigenvalue weighted by Crippen LogP contribution is 2.14. The van der Waals surface area contributed by atoms with Gasteiger partial charge >= 0.3 is 10.2 Å². The first-order valence-electron chi connectivity index (χ1n) is 7.80. The maximum absolute atomic E-state index is 12.7. The lowest BCUT2D eigenvalue weighted by atomic mass is 10.1. The molecule has 3 aromatic rings. The third-order valence-electron chi connectivity index (χ3n) is 4.30. The minimum atomic E-state index is -4.91. The van der Waals surface area contributed by atoms with Gasteiger partial charge in [0.25, 0.3) is 22.2 Å². The molecule has 2 heterocycles. The maximum atomic E-state index is 12.7. The van der Waals surface area contributed by atoms with E-state index in [4.69, 9.17) is 0 Å². The lowest BCUT2D eigenvalue weighted by Crippen LogP contribution is -2.29. The summed E-state index contributed by atoms with van der Waals surface area (Å²) < 4.78 is 57.8. The SMILES string of the molecule is CS(=O)(=O)CCn1c(=O)c2cc3c(=O)n(CCS(=O)(=O)F)c(=O)c3cc2c1=O. The molecule has 0 N–H and O–H groups in total. The first-order chi connectivity index (χ1) is 12.8. The van der Waals surface area contributed by atoms with Crippen LogP contribution in [0, 0.1) is 0 Å². The Hall–Kier alpha value is -2.67. The van der Waals surface area contributed by atoms with Crippen molar-refractivity contribution in [3.8, 4) is 0 Å². The van der Waals surface area contributed by atoms with E-state index in [9.17, 15) is 39.9 Å². The van der Waals surface area contributed by atoms with E-state index in [0.717, 1.165) is 18.4 Å². The molecule has 3 rings (SSSR count). The molecule has 10 nitrogen and oxygen atoms in total. The number of hydrogen-bond donors (Lipinski definition) is 0. The molecular formula is C15H13FN2O8S2. The minimum Gasteiger partial charge on any atom is -0.273 e. The Morgan fingerprint density at radius 3 is 1.32 bits per heavy atom. The zero-order valence-corrected chi connectivity index (χ0v) is 16.0. The number of halogens is 1. The van der Waals surface area contributed by atoms with Crippen LogP contribution in [0.25, 0.3) is 21.5 Å². The largest absolute Gasteiger partial charge is 0.304 e. The van der Waals surface area contributed by atoms with Gasteiger partial charge in [0.2, 0.25) is 0 Å². The van der Waals surface area contributed by atoms with E-state index < -0.39 is 60.3 Å². The molecule has 0 atom stereocenters. The van der Waals surface area contributed by atoms with Crippen molar-refractivity contribution in [2.45, 2.75) is 13.1 Å². The Bertz CT molecular complexity index is 1340. The molecule has 0 aliphatic heterocycles. The van der Waals surface area contributed by atoms with Gasteiger partial charge in [0, 0.05) is 19.3 Å². The number of aromatic nitrogens is 2. The Morgan fingerprint density at radius 2 is 1.04 bits per heavy atom. The van der Waals surface area contributed by atoms with Crippen molar-refractivity contribution in [2.75, 3.05) is 17.8 Å². The monoisotopic (exact) mass is 432 g/mol. The van der Waals surface area contributed by atoms with E-state index in [-0.39, 0.29) is 28.1 Å². The lowest BCUT2D eigenvalue weighted by Gasteiger charge is -1.98. The molecule has 0 bridgehead atoms. The van der Waals surface area contributed by atoms with Gasteiger partial charge in [-0.1, -0.05) is 0 Å². The van der Waals surface area contributed by atoms with Crippen LogP contribution in [0.1, 0.15) is 0 Å². The fraction of sp³-hybridized carbons (Fsp3) is 0.333. The molecule has 0 aliphatic rings. The molecule has 0 saturated carbocycles. The highest BCUT2D eigenvalue weighted by atomic mass is 32.3. The smallest absolute Gasteiger partial charge is 0.273 e. The van der Waals surface area contributed by atoms with Gasteiger partial charge in [-0.2, -0.15) is 8.42 Å². The summed E-state index contributed by atoms with van der Waals surface area (Å²) in [5.41, 5.74) is -3.45. The van der Waals surface area contributed by atoms with Crippen LogP contribution < -0.4 is 22.2 Å². The van der Waals surface area contributed by atoms with E-state index in [2.05, 4.69) is 0 Å². The molecule has 0 aliphatic carbocycles. The zero-order valence-electron chi connectivity index (χ0n) is 14.3. The van der Waals surface area contributed by atoms with Crippen LogP contribution in [-0.2, 0) is 33.1 Å². The number of hydrogen-bond acceptors (Lipinski definition) is 8. The van der Waals surface area contributed by atoms with Crippen molar-refractivity contribution < 1.29 is 20.7 Å². The average Bonchev–Trinajstić information content (AvgIpc) is 2.94. The van der Waals surface area contributed by atoms with E-state index in [1.165, 1.54) is 0 Å². The molecule has 2 aromatic heterocycles. The zero-order chi connectivity index (χ0) is 21.0. The van der Waals surface area contributed by atoms with Crippen molar-refractivity contribution in [2.24, 2.45) is 0 Å². The number of fused-ring (bicyclic) bond motifs is 2. The summed E-state index contributed by atoms with van der Waals surface area (Å²) in [6, 6.07) is 2.07. The molecule has 0 spiro atoms. The van der Waals surface area contributed by atoms with Crippen molar-refractivity contribution in [3.63, 3.8) is 0 Å². The van der Waals surface area contributed by atoms with Gasteiger partial charge in [-0.3, -0.25) is 28.3 Å². The predicted octanol–water partition coefficient (Wildman–Crippen LogP) is -1.74. The van der Waals surface area contributed by atoms with Crippen LogP contribution in [0.5, 0.6) is 0 Å². The van der Waals surface area contributed by atoms with Crippen LogP contribution in [0.2, 0.25) is 0 Å². The third-order valence-corrected chi connectivity index (χ3v) is 5.90. The average molecular weight is 432 g/mol. The van der Waals surface area contributed by atoms with Crippen molar-refractivity contribution >= 4 is 41.6 Å². The number of nitrogens with zero attached hydrogens (tertiary/aromatic N) is 2. The van der Waals surface area contributed by atoms with Crippen molar-refractivity contribution in [3.05, 3.63) is 53.5 Å². The standard InChI is InChI=1S/C15H13FN2O8S2/c1-27(23,24)4-2-17-12(19)8-6-10-11(7-9(8)13(17)20)15(22)18(14(10)21)3-5-28(16,25)26/h6-7H,2-5H2,1H3. The highest BCUT2D eigenvalue weighted by molar-refractivity contribution is 7.90. The number of benzene rings is 1. The highest BCUT2D eigenvalue weighted by Gasteiger charge is 2.21. The minimum absolute atomic E-state index is 0.168. The summed E-state index contributed by atoms with van der Waals surface area (Å²) in [7, 11) is -8.35. The Morgan fingerprint density at radius 1 is 0.714 bits per heavy atom. The second kappa shape index (κ2) is 6.44. The quantitative estimate of drug-likeness (QED) is 0.417. The first-order valence-corrected chi connectivity index (χ1v) is 11.4. The molecule has 0 fully saturated rings. The molecule has 13 heteroatoms. The molecular weight excluding hydrogens is 419 g/mol. The van der Waals surface area contributed by atoms with E-state index >= 15 is 0 Å². The van der Waals surface area contributed by atoms with Crippen LogP contribution >= 0.6 is 0 Å². The molecule has 0 saturated heterocycles. The second-order valence-electron chi connectivity index (χ2n) is 6.34. The van der Waals surface area contributed by atoms with Gasteiger partial charge in [-0.05, 0) is 12.1 Å². The van der Waals surface area contributed by atoms with E-state index in [0.29, 0.717) is 9.13 Å². The Labute approximate surface area is 156 Å². The normalized spacial score (nSPS) is 12.9. The predicted molar refractivity (Wildman–Crippen MR) is 99.5 cm³/mol. The lowest BCUT2D eigenvalue weighted by molar-refractivity contribution is 0.543. The van der Waals surface area contributed by atoms with E-state index in [1.807, 2.05) is 0 Å². The Kier molecular flexibility index (Phi) is 4.62. The number of sulfone groups is 1. The number of rotatable bonds is 6. The summed E-state index contributed by atoms with van der Waals surface area (Å²) >= 11 is 0. The van der Waals surface area contributed by atoms with Gasteiger partial charge in [0.15, 0.2) is 0 Å². The summed E-state index contributed by atoms with van der Waals surface area (Å²) in [5.74, 6) is -1.52. The molecule has 0 amide bonds. The fourth-order valence-electron chi connectivity index (χ4n) is 2.94. The van der Waals surface area contributed by atoms with Gasteiger partial charge < -0.3 is 0 Å². The summed E-state index contributed by atoms with van der Waals surface area (Å²) in [6.07, 6.45) is 0.948. The maximum Gasteiger partial charge on any atom is 0.304 e. The summed E-state index contributed by atoms with van der Waals surface area (Å²) in [6.45, 7) is -1.09. The van der Waals surface area contributed by atoms with Crippen LogP contribution in [-0.4, -0.2) is 43.7 Å². The van der Waals surface area contributed by atoms with Crippen LogP contribution in [0.15, 0.2) is 31.3 Å². The fourth-order valence-corrected chi connectivity index (χ4v) is 3.85. The van der Waals surface area contributed by atoms with Crippen molar-refractivity contribution in [1.29, 1.82) is 0 Å². The van der Waals surface area contributed by atoms with Gasteiger partial charge in [0.1, 0.15) is 9.84 Å². The molecule has 0 radical (unpaired) electrons. The first kappa shape index (κ1) is 20.1. The molecule has 150 valence electrons. The molecule has 1 aromatic carbocycles. The second-order valence-corrected chi connectivity index (χ2v) is 10.1. The van der Waals surface area contributed by atoms with Crippen LogP contribution in [0.3, 0.4) is 0 Å². The summed E-state index contributed by atoms with van der Waals surface area (Å²) in [5, 5.41) is -0.769. The third kappa shape index (κ3) is 3.54. The van der Waals surface area contributed by atoms with Gasteiger partial charge in [0.05, 0.1) is 33.1 Å². The van der Waals surface area contributed by atoms with Crippen molar-refractivity contribution in [1.82, 2.24) is 9.13 Å². The van der Waals surface area contributed by atoms with Crippen LogP contribution in [0.4, 0.5) is 3.89 Å². The molecule has 28 heavy (non-hydrogen) atoms. The Balaban J connectivity index is 2.22. The van der Waals surface area contributed by atoms with Gasteiger partial charge in [-0.15, -0.1) is 3.89 Å². The molecule has 0 unspecified atom stereocenters. The topological polar surface area (TPSA) is 146 Å². The van der Waals surface area contributed by atoms with Gasteiger partial charge in [-0.25, -0.2) is 8.42 Å².